The number of amides is 1. The molecule has 0 aliphatic carbocycles. The van der Waals surface area contributed by atoms with Crippen LogP contribution in [0.4, 0.5) is 0 Å². The van der Waals surface area contributed by atoms with Gasteiger partial charge in [0.05, 0.1) is 13.5 Å². The van der Waals surface area contributed by atoms with E-state index >= 15 is 0 Å². The van der Waals surface area contributed by atoms with E-state index in [9.17, 15) is 14.4 Å². The van der Waals surface area contributed by atoms with E-state index in [0.29, 0.717) is 11.3 Å². The number of esters is 2. The van der Waals surface area contributed by atoms with E-state index in [0.717, 1.165) is 0 Å². The zero-order valence-corrected chi connectivity index (χ0v) is 9.64. The molecular weight excluding hydrogens is 238 g/mol. The lowest BCUT2D eigenvalue weighted by atomic mass is 10.1. The number of nitrogens with one attached hydrogen (secondary N) is 1. The van der Waals surface area contributed by atoms with Crippen LogP contribution in [0.3, 0.4) is 0 Å². The molecule has 0 unspecified atom stereocenters. The average molecular weight is 249 g/mol. The molecular formula is C12H11NO5. The van der Waals surface area contributed by atoms with E-state index in [1.165, 1.54) is 7.11 Å². The van der Waals surface area contributed by atoms with Crippen LogP contribution in [0.1, 0.15) is 16.8 Å². The lowest BCUT2D eigenvalue weighted by Gasteiger charge is -2.08. The second-order valence-electron chi connectivity index (χ2n) is 3.75. The molecule has 0 bridgehead atoms. The van der Waals surface area contributed by atoms with Crippen molar-refractivity contribution in [1.29, 1.82) is 0 Å². The molecule has 1 fully saturated rings. The Balaban J connectivity index is 2.03. The quantitative estimate of drug-likeness (QED) is 0.614. The molecule has 1 aliphatic heterocycles. The number of rotatable bonds is 3. The summed E-state index contributed by atoms with van der Waals surface area (Å²) in [5.41, 5.74) is 0.378. The van der Waals surface area contributed by atoms with E-state index in [2.05, 4.69) is 10.1 Å². The van der Waals surface area contributed by atoms with Gasteiger partial charge in [0.2, 0.25) is 0 Å². The first-order valence-electron chi connectivity index (χ1n) is 5.29. The molecule has 1 aliphatic rings. The fourth-order valence-corrected chi connectivity index (χ4v) is 1.57. The molecule has 1 saturated heterocycles. The standard InChI is InChI=1S/C12H11NO5/c1-17-8-4-2-7(3-5-8)11(15)13-9-6-10(14)18-12(9)16/h2-5,9H,6H2,1H3,(H,13,15)/t9-/m0/s1. The zero-order valence-electron chi connectivity index (χ0n) is 9.64. The second kappa shape index (κ2) is 4.87. The monoisotopic (exact) mass is 249 g/mol. The summed E-state index contributed by atoms with van der Waals surface area (Å²) in [6.45, 7) is 0. The summed E-state index contributed by atoms with van der Waals surface area (Å²) in [5, 5.41) is 2.44. The van der Waals surface area contributed by atoms with Gasteiger partial charge in [-0.05, 0) is 24.3 Å². The maximum Gasteiger partial charge on any atom is 0.336 e. The van der Waals surface area contributed by atoms with Gasteiger partial charge < -0.3 is 14.8 Å². The highest BCUT2D eigenvalue weighted by molar-refractivity contribution is 6.02. The minimum atomic E-state index is -0.896. The van der Waals surface area contributed by atoms with Gasteiger partial charge in [0.1, 0.15) is 11.8 Å². The number of hydrogen-bond donors (Lipinski definition) is 1. The van der Waals surface area contributed by atoms with Gasteiger partial charge in [-0.1, -0.05) is 0 Å². The summed E-state index contributed by atoms with van der Waals surface area (Å²) in [6, 6.07) is 5.50. The first-order chi connectivity index (χ1) is 8.60. The number of carbonyl (C=O) groups is 3. The molecule has 0 aromatic heterocycles. The van der Waals surface area contributed by atoms with Crippen LogP contribution in [0.2, 0.25) is 0 Å². The molecule has 1 aromatic carbocycles. The second-order valence-corrected chi connectivity index (χ2v) is 3.75. The van der Waals surface area contributed by atoms with Crippen molar-refractivity contribution in [2.75, 3.05) is 7.11 Å². The Morgan fingerprint density at radius 1 is 1.33 bits per heavy atom. The molecule has 1 aromatic rings. The normalized spacial score (nSPS) is 18.4. The molecule has 0 saturated carbocycles. The van der Waals surface area contributed by atoms with Crippen LogP contribution in [-0.4, -0.2) is 31.0 Å². The van der Waals surface area contributed by atoms with Gasteiger partial charge in [-0.2, -0.15) is 0 Å². The first-order valence-corrected chi connectivity index (χ1v) is 5.29. The Hall–Kier alpha value is -2.37. The van der Waals surface area contributed by atoms with E-state index < -0.39 is 23.9 Å². The van der Waals surface area contributed by atoms with Gasteiger partial charge in [-0.3, -0.25) is 9.59 Å². The Kier molecular flexibility index (Phi) is 3.27. The molecule has 94 valence electrons. The van der Waals surface area contributed by atoms with Crippen LogP contribution >= 0.6 is 0 Å². The Morgan fingerprint density at radius 3 is 2.50 bits per heavy atom. The summed E-state index contributed by atoms with van der Waals surface area (Å²) in [4.78, 5) is 33.8. The molecule has 6 heteroatoms. The summed E-state index contributed by atoms with van der Waals surface area (Å²) in [5.74, 6) is -1.15. The highest BCUT2D eigenvalue weighted by Crippen LogP contribution is 2.13. The number of carbonyl (C=O) groups excluding carboxylic acids is 3. The predicted octanol–water partition coefficient (Wildman–Crippen LogP) is 0.267. The zero-order chi connectivity index (χ0) is 13.1. The average Bonchev–Trinajstić information content (AvgIpc) is 2.68. The van der Waals surface area contributed by atoms with Crippen LogP contribution in [0, 0.1) is 0 Å². The molecule has 18 heavy (non-hydrogen) atoms. The van der Waals surface area contributed by atoms with Crippen molar-refractivity contribution >= 4 is 17.8 Å². The number of methoxy groups -OCH3 is 1. The lowest BCUT2D eigenvalue weighted by molar-refractivity contribution is -0.152. The van der Waals surface area contributed by atoms with Crippen molar-refractivity contribution in [3.8, 4) is 5.75 Å². The maximum absolute atomic E-state index is 11.8. The highest BCUT2D eigenvalue weighted by atomic mass is 16.6. The van der Waals surface area contributed by atoms with Gasteiger partial charge >= 0.3 is 11.9 Å². The van der Waals surface area contributed by atoms with Crippen LogP contribution in [0.5, 0.6) is 5.75 Å². The van der Waals surface area contributed by atoms with Gasteiger partial charge in [-0.15, -0.1) is 0 Å². The van der Waals surface area contributed by atoms with Crippen molar-refractivity contribution in [2.24, 2.45) is 0 Å². The van der Waals surface area contributed by atoms with E-state index in [-0.39, 0.29) is 6.42 Å². The fourth-order valence-electron chi connectivity index (χ4n) is 1.57. The fraction of sp³-hybridized carbons (Fsp3) is 0.250. The summed E-state index contributed by atoms with van der Waals surface area (Å²) in [6.07, 6.45) is -0.124. The van der Waals surface area contributed by atoms with Gasteiger partial charge in [0, 0.05) is 5.56 Å². The number of hydrogen-bond acceptors (Lipinski definition) is 5. The SMILES string of the molecule is COc1ccc(C(=O)N[C@H]2CC(=O)OC2=O)cc1. The van der Waals surface area contributed by atoms with Crippen LogP contribution < -0.4 is 10.1 Å². The Labute approximate surface area is 103 Å². The van der Waals surface area contributed by atoms with Crippen LogP contribution in [-0.2, 0) is 14.3 Å². The van der Waals surface area contributed by atoms with Gasteiger partial charge in [0.25, 0.3) is 5.91 Å². The van der Waals surface area contributed by atoms with E-state index in [1.807, 2.05) is 0 Å². The smallest absolute Gasteiger partial charge is 0.336 e. The van der Waals surface area contributed by atoms with Gasteiger partial charge in [-0.25, -0.2) is 4.79 Å². The third kappa shape index (κ3) is 2.48. The van der Waals surface area contributed by atoms with Crippen LogP contribution in [0.15, 0.2) is 24.3 Å². The lowest BCUT2D eigenvalue weighted by Crippen LogP contribution is -2.37. The first kappa shape index (κ1) is 12.1. The summed E-state index contributed by atoms with van der Waals surface area (Å²) < 4.78 is 9.30. The van der Waals surface area contributed by atoms with Gasteiger partial charge in [0.15, 0.2) is 0 Å². The topological polar surface area (TPSA) is 81.7 Å². The van der Waals surface area contributed by atoms with Crippen molar-refractivity contribution in [2.45, 2.75) is 12.5 Å². The maximum atomic E-state index is 11.8. The minimum Gasteiger partial charge on any atom is -0.497 e. The third-order valence-corrected chi connectivity index (χ3v) is 2.53. The largest absolute Gasteiger partial charge is 0.497 e. The number of cyclic esters (lactones) is 2. The highest BCUT2D eigenvalue weighted by Gasteiger charge is 2.34. The van der Waals surface area contributed by atoms with Crippen molar-refractivity contribution in [3.63, 3.8) is 0 Å². The molecule has 1 atom stereocenters. The number of benzene rings is 1. The van der Waals surface area contributed by atoms with Crippen molar-refractivity contribution < 1.29 is 23.9 Å². The predicted molar refractivity (Wildman–Crippen MR) is 60.0 cm³/mol. The van der Waals surface area contributed by atoms with Crippen LogP contribution in [0.25, 0.3) is 0 Å². The molecule has 1 N–H and O–H groups in total. The molecule has 1 heterocycles. The van der Waals surface area contributed by atoms with E-state index in [1.54, 1.807) is 24.3 Å². The third-order valence-electron chi connectivity index (χ3n) is 2.53. The van der Waals surface area contributed by atoms with Crippen molar-refractivity contribution in [3.05, 3.63) is 29.8 Å². The number of ether oxygens (including phenoxy) is 2. The Morgan fingerprint density at radius 2 is 2.00 bits per heavy atom. The molecule has 0 spiro atoms. The Bertz CT molecular complexity index is 494. The summed E-state index contributed by atoms with van der Waals surface area (Å²) >= 11 is 0. The van der Waals surface area contributed by atoms with E-state index in [4.69, 9.17) is 4.74 Å². The molecule has 6 nitrogen and oxygen atoms in total. The minimum absolute atomic E-state index is 0.124. The molecule has 0 radical (unpaired) electrons. The molecule has 2 rings (SSSR count). The van der Waals surface area contributed by atoms with Crippen molar-refractivity contribution in [1.82, 2.24) is 5.32 Å². The molecule has 1 amide bonds. The summed E-state index contributed by atoms with van der Waals surface area (Å²) in [7, 11) is 1.52.